The molecule has 0 spiro atoms. The Morgan fingerprint density at radius 2 is 2.38 bits per heavy atom. The lowest BCUT2D eigenvalue weighted by molar-refractivity contribution is 0.0999. The molecule has 5 nitrogen and oxygen atoms in total. The molecule has 4 N–H and O–H groups in total. The van der Waals surface area contributed by atoms with E-state index in [9.17, 15) is 4.79 Å². The van der Waals surface area contributed by atoms with Gasteiger partial charge in [-0.05, 0) is 19.9 Å². The molecule has 0 saturated heterocycles. The first-order valence-corrected chi connectivity index (χ1v) is 4.19. The summed E-state index contributed by atoms with van der Waals surface area (Å²) in [5.74, 6) is -0.434. The van der Waals surface area contributed by atoms with E-state index in [1.165, 1.54) is 6.20 Å². The minimum atomic E-state index is -0.434. The van der Waals surface area contributed by atoms with Crippen LogP contribution in [0.2, 0.25) is 0 Å². The number of hydrogen-bond donors (Lipinski definition) is 2. The molecule has 0 unspecified atom stereocenters. The average molecular weight is 182 g/mol. The highest BCUT2D eigenvalue weighted by Gasteiger charge is 2.09. The highest BCUT2D eigenvalue weighted by atomic mass is 16.1. The van der Waals surface area contributed by atoms with Gasteiger partial charge in [0.05, 0.1) is 11.8 Å². The van der Waals surface area contributed by atoms with Gasteiger partial charge in [0.25, 0.3) is 5.91 Å². The maximum Gasteiger partial charge on any atom is 0.252 e. The summed E-state index contributed by atoms with van der Waals surface area (Å²) in [6.45, 7) is 3.17. The van der Waals surface area contributed by atoms with Gasteiger partial charge in [-0.1, -0.05) is 0 Å². The summed E-state index contributed by atoms with van der Waals surface area (Å²) in [4.78, 5) is 10.9. The minimum Gasteiger partial charge on any atom is -0.365 e. The maximum absolute atomic E-state index is 10.9. The third kappa shape index (κ3) is 2.06. The highest BCUT2D eigenvalue weighted by molar-refractivity contribution is 5.93. The number of rotatable bonds is 4. The molecule has 0 fully saturated rings. The van der Waals surface area contributed by atoms with Gasteiger partial charge in [-0.3, -0.25) is 9.48 Å². The monoisotopic (exact) mass is 182 g/mol. The van der Waals surface area contributed by atoms with Crippen molar-refractivity contribution >= 4 is 5.91 Å². The van der Waals surface area contributed by atoms with E-state index in [-0.39, 0.29) is 0 Å². The molecule has 0 aromatic carbocycles. The summed E-state index contributed by atoms with van der Waals surface area (Å²) < 4.78 is 1.74. The lowest BCUT2D eigenvalue weighted by Crippen LogP contribution is -2.13. The zero-order chi connectivity index (χ0) is 9.84. The fourth-order valence-corrected chi connectivity index (χ4v) is 1.15. The fourth-order valence-electron chi connectivity index (χ4n) is 1.15. The molecular formula is C8H14N4O. The van der Waals surface area contributed by atoms with Crippen LogP contribution in [0, 0.1) is 6.92 Å². The Morgan fingerprint density at radius 1 is 1.69 bits per heavy atom. The van der Waals surface area contributed by atoms with E-state index in [0.717, 1.165) is 18.7 Å². The average Bonchev–Trinajstić information content (AvgIpc) is 2.43. The Bertz CT molecular complexity index is 305. The molecule has 5 heteroatoms. The maximum atomic E-state index is 10.9. The normalized spacial score (nSPS) is 10.3. The van der Waals surface area contributed by atoms with Crippen molar-refractivity contribution in [2.75, 3.05) is 6.54 Å². The quantitative estimate of drug-likeness (QED) is 0.666. The first kappa shape index (κ1) is 9.73. The van der Waals surface area contributed by atoms with Crippen LogP contribution in [0.25, 0.3) is 0 Å². The van der Waals surface area contributed by atoms with Gasteiger partial charge in [0.2, 0.25) is 0 Å². The van der Waals surface area contributed by atoms with E-state index < -0.39 is 5.91 Å². The van der Waals surface area contributed by atoms with Crippen LogP contribution in [0.15, 0.2) is 6.20 Å². The van der Waals surface area contributed by atoms with Crippen LogP contribution in [0.1, 0.15) is 22.5 Å². The number of hydrogen-bond acceptors (Lipinski definition) is 3. The lowest BCUT2D eigenvalue weighted by atomic mass is 10.2. The fraction of sp³-hybridized carbons (Fsp3) is 0.500. The largest absolute Gasteiger partial charge is 0.365 e. The molecule has 0 atom stereocenters. The summed E-state index contributed by atoms with van der Waals surface area (Å²) in [5, 5.41) is 4.03. The van der Waals surface area contributed by atoms with E-state index >= 15 is 0 Å². The molecule has 0 aliphatic rings. The smallest absolute Gasteiger partial charge is 0.252 e. The zero-order valence-corrected chi connectivity index (χ0v) is 7.66. The summed E-state index contributed by atoms with van der Waals surface area (Å²) in [6, 6.07) is 0. The van der Waals surface area contributed by atoms with Crippen LogP contribution in [-0.2, 0) is 6.54 Å². The van der Waals surface area contributed by atoms with Gasteiger partial charge in [-0.25, -0.2) is 0 Å². The van der Waals surface area contributed by atoms with Crippen molar-refractivity contribution in [3.63, 3.8) is 0 Å². The first-order chi connectivity index (χ1) is 6.16. The van der Waals surface area contributed by atoms with Gasteiger partial charge in [-0.15, -0.1) is 0 Å². The van der Waals surface area contributed by atoms with Gasteiger partial charge >= 0.3 is 0 Å². The number of nitrogens with two attached hydrogens (primary N) is 2. The Balaban J connectivity index is 2.80. The van der Waals surface area contributed by atoms with Crippen molar-refractivity contribution in [2.24, 2.45) is 11.5 Å². The van der Waals surface area contributed by atoms with Crippen molar-refractivity contribution in [3.8, 4) is 0 Å². The molecule has 1 amide bonds. The Hall–Kier alpha value is -1.36. The van der Waals surface area contributed by atoms with E-state index in [1.807, 2.05) is 6.92 Å². The second-order valence-electron chi connectivity index (χ2n) is 2.87. The standard InChI is InChI=1S/C8H14N4O/c1-6-7(8(10)13)5-11-12(6)4-2-3-9/h5H,2-4,9H2,1H3,(H2,10,13). The number of carbonyl (C=O) groups excluding carboxylic acids is 1. The van der Waals surface area contributed by atoms with Gasteiger partial charge in [-0.2, -0.15) is 5.10 Å². The molecule has 13 heavy (non-hydrogen) atoms. The van der Waals surface area contributed by atoms with Crippen LogP contribution in [0.4, 0.5) is 0 Å². The van der Waals surface area contributed by atoms with Crippen molar-refractivity contribution in [2.45, 2.75) is 19.9 Å². The van der Waals surface area contributed by atoms with Crippen LogP contribution in [0.3, 0.4) is 0 Å². The van der Waals surface area contributed by atoms with E-state index in [4.69, 9.17) is 11.5 Å². The van der Waals surface area contributed by atoms with Crippen LogP contribution in [-0.4, -0.2) is 22.2 Å². The summed E-state index contributed by atoms with van der Waals surface area (Å²) >= 11 is 0. The number of aromatic nitrogens is 2. The summed E-state index contributed by atoms with van der Waals surface area (Å²) in [7, 11) is 0. The number of nitrogens with zero attached hydrogens (tertiary/aromatic N) is 2. The molecular weight excluding hydrogens is 168 g/mol. The van der Waals surface area contributed by atoms with Gasteiger partial charge in [0.1, 0.15) is 0 Å². The number of aryl methyl sites for hydroxylation is 1. The molecule has 72 valence electrons. The Morgan fingerprint density at radius 3 is 2.85 bits per heavy atom. The van der Waals surface area contributed by atoms with Gasteiger partial charge < -0.3 is 11.5 Å². The summed E-state index contributed by atoms with van der Waals surface area (Å²) in [6.07, 6.45) is 2.34. The Labute approximate surface area is 76.7 Å². The minimum absolute atomic E-state index is 0.434. The molecule has 1 heterocycles. The van der Waals surface area contributed by atoms with E-state index in [0.29, 0.717) is 12.1 Å². The molecule has 1 aromatic rings. The topological polar surface area (TPSA) is 86.9 Å². The molecule has 0 saturated carbocycles. The Kier molecular flexibility index (Phi) is 3.02. The van der Waals surface area contributed by atoms with E-state index in [1.54, 1.807) is 4.68 Å². The zero-order valence-electron chi connectivity index (χ0n) is 7.66. The summed E-state index contributed by atoms with van der Waals surface area (Å²) in [5.41, 5.74) is 11.8. The molecule has 0 bridgehead atoms. The van der Waals surface area contributed by atoms with Crippen molar-refractivity contribution < 1.29 is 4.79 Å². The van der Waals surface area contributed by atoms with Crippen LogP contribution in [0.5, 0.6) is 0 Å². The third-order valence-corrected chi connectivity index (χ3v) is 1.94. The second-order valence-corrected chi connectivity index (χ2v) is 2.87. The number of amides is 1. The molecule has 0 radical (unpaired) electrons. The van der Waals surface area contributed by atoms with E-state index in [2.05, 4.69) is 5.10 Å². The molecule has 0 aliphatic heterocycles. The van der Waals surface area contributed by atoms with Gasteiger partial charge in [0.15, 0.2) is 0 Å². The molecule has 1 aromatic heterocycles. The first-order valence-electron chi connectivity index (χ1n) is 4.19. The van der Waals surface area contributed by atoms with Crippen molar-refractivity contribution in [1.82, 2.24) is 9.78 Å². The lowest BCUT2D eigenvalue weighted by Gasteiger charge is -2.02. The second kappa shape index (κ2) is 4.04. The number of carbonyl (C=O) groups is 1. The van der Waals surface area contributed by atoms with Crippen LogP contribution < -0.4 is 11.5 Å². The molecule has 1 rings (SSSR count). The SMILES string of the molecule is Cc1c(C(N)=O)cnn1CCCN. The molecule has 0 aliphatic carbocycles. The third-order valence-electron chi connectivity index (χ3n) is 1.94. The van der Waals surface area contributed by atoms with Gasteiger partial charge in [0, 0.05) is 12.2 Å². The highest BCUT2D eigenvalue weighted by Crippen LogP contribution is 2.06. The predicted molar refractivity (Wildman–Crippen MR) is 49.2 cm³/mol. The van der Waals surface area contributed by atoms with Crippen molar-refractivity contribution in [3.05, 3.63) is 17.5 Å². The predicted octanol–water partition coefficient (Wildman–Crippen LogP) is -0.361. The number of primary amides is 1. The van der Waals surface area contributed by atoms with Crippen LogP contribution >= 0.6 is 0 Å². The van der Waals surface area contributed by atoms with Crippen molar-refractivity contribution in [1.29, 1.82) is 0 Å².